The van der Waals surface area contributed by atoms with Crippen molar-refractivity contribution < 1.29 is 8.42 Å². The Hall–Kier alpha value is -1.04. The summed E-state index contributed by atoms with van der Waals surface area (Å²) in [5.41, 5.74) is 6.51. The Labute approximate surface area is 96.7 Å². The first-order valence-electron chi connectivity index (χ1n) is 5.31. The molecule has 1 heterocycles. The Morgan fingerprint density at radius 1 is 1.62 bits per heavy atom. The average Bonchev–Trinajstić information content (AvgIpc) is 2.51. The summed E-state index contributed by atoms with van der Waals surface area (Å²) in [6.45, 7) is 6.38. The van der Waals surface area contributed by atoms with Gasteiger partial charge in [0, 0.05) is 6.54 Å². The van der Waals surface area contributed by atoms with Gasteiger partial charge in [0.1, 0.15) is 0 Å². The number of nitrogens with one attached hydrogen (secondary N) is 1. The van der Waals surface area contributed by atoms with E-state index in [1.54, 1.807) is 0 Å². The molecule has 0 aromatic rings. The summed E-state index contributed by atoms with van der Waals surface area (Å²) in [5, 5.41) is 2.53. The van der Waals surface area contributed by atoms with Crippen LogP contribution in [0.5, 0.6) is 0 Å². The number of aliphatic imine (C=N–C) groups is 1. The summed E-state index contributed by atoms with van der Waals surface area (Å²) in [5.74, 6) is 0.576. The van der Waals surface area contributed by atoms with Gasteiger partial charge in [-0.05, 0) is 19.8 Å². The molecule has 1 aliphatic rings. The molecular formula is C10H19N3O2S. The number of rotatable bonds is 4. The third kappa shape index (κ3) is 3.84. The van der Waals surface area contributed by atoms with Gasteiger partial charge < -0.3 is 11.1 Å². The van der Waals surface area contributed by atoms with Crippen LogP contribution in [0.3, 0.4) is 0 Å². The van der Waals surface area contributed by atoms with Crippen molar-refractivity contribution in [3.63, 3.8) is 0 Å². The minimum atomic E-state index is -2.90. The van der Waals surface area contributed by atoms with E-state index in [0.717, 1.165) is 12.0 Å². The van der Waals surface area contributed by atoms with Crippen LogP contribution in [-0.4, -0.2) is 38.5 Å². The fraction of sp³-hybridized carbons (Fsp3) is 0.700. The second-order valence-corrected chi connectivity index (χ2v) is 6.57. The quantitative estimate of drug-likeness (QED) is 0.416. The van der Waals surface area contributed by atoms with Crippen molar-refractivity contribution in [2.75, 3.05) is 18.8 Å². The van der Waals surface area contributed by atoms with Crippen molar-refractivity contribution in [2.24, 2.45) is 10.7 Å². The molecule has 1 aliphatic heterocycles. The van der Waals surface area contributed by atoms with Gasteiger partial charge in [0.15, 0.2) is 15.8 Å². The lowest BCUT2D eigenvalue weighted by molar-refractivity contribution is 0.586. The second-order valence-electron chi connectivity index (χ2n) is 4.17. The van der Waals surface area contributed by atoms with Crippen LogP contribution in [0.4, 0.5) is 0 Å². The van der Waals surface area contributed by atoms with Crippen molar-refractivity contribution in [3.05, 3.63) is 12.2 Å². The predicted octanol–water partition coefficient (Wildman–Crippen LogP) is 0.0440. The highest BCUT2D eigenvalue weighted by molar-refractivity contribution is 7.92. The summed E-state index contributed by atoms with van der Waals surface area (Å²) < 4.78 is 23.0. The first-order chi connectivity index (χ1) is 7.42. The van der Waals surface area contributed by atoms with Gasteiger partial charge in [0.25, 0.3) is 0 Å². The fourth-order valence-corrected chi connectivity index (χ4v) is 3.35. The molecule has 0 amide bonds. The molecule has 0 aliphatic carbocycles. The smallest absolute Gasteiger partial charge is 0.188 e. The van der Waals surface area contributed by atoms with Crippen LogP contribution in [0.1, 0.15) is 19.8 Å². The van der Waals surface area contributed by atoms with Crippen molar-refractivity contribution in [3.8, 4) is 0 Å². The first-order valence-corrected chi connectivity index (χ1v) is 7.03. The highest BCUT2D eigenvalue weighted by Gasteiger charge is 2.30. The molecule has 1 fully saturated rings. The van der Waals surface area contributed by atoms with Gasteiger partial charge in [-0.3, -0.25) is 0 Å². The van der Waals surface area contributed by atoms with Crippen molar-refractivity contribution in [1.29, 1.82) is 0 Å². The maximum absolute atomic E-state index is 11.5. The van der Waals surface area contributed by atoms with Crippen LogP contribution < -0.4 is 11.1 Å². The molecule has 6 heteroatoms. The molecule has 0 saturated carbocycles. The lowest BCUT2D eigenvalue weighted by Gasteiger charge is -2.11. The minimum absolute atomic E-state index is 0.282. The van der Waals surface area contributed by atoms with Gasteiger partial charge in [0.2, 0.25) is 0 Å². The van der Waals surface area contributed by atoms with E-state index in [1.807, 2.05) is 6.92 Å². The topological polar surface area (TPSA) is 84.5 Å². The van der Waals surface area contributed by atoms with Crippen molar-refractivity contribution >= 4 is 15.8 Å². The Balaban J connectivity index is 2.40. The van der Waals surface area contributed by atoms with E-state index in [0.29, 0.717) is 25.3 Å². The molecule has 1 atom stereocenters. The van der Waals surface area contributed by atoms with E-state index in [2.05, 4.69) is 16.9 Å². The molecule has 0 bridgehead atoms. The molecule has 1 rings (SSSR count). The molecule has 5 nitrogen and oxygen atoms in total. The van der Waals surface area contributed by atoms with Crippen LogP contribution in [0.15, 0.2) is 17.1 Å². The summed E-state index contributed by atoms with van der Waals surface area (Å²) in [7, 11) is -2.90. The van der Waals surface area contributed by atoms with Crippen LogP contribution in [0.25, 0.3) is 0 Å². The summed E-state index contributed by atoms with van der Waals surface area (Å²) in [6.07, 6.45) is 1.46. The van der Waals surface area contributed by atoms with Gasteiger partial charge in [-0.25, -0.2) is 13.4 Å². The molecule has 0 aromatic carbocycles. The lowest BCUT2D eigenvalue weighted by Crippen LogP contribution is -2.39. The largest absolute Gasteiger partial charge is 0.370 e. The Morgan fingerprint density at radius 3 is 2.81 bits per heavy atom. The molecule has 0 spiro atoms. The molecule has 1 saturated heterocycles. The second kappa shape index (κ2) is 5.34. The molecule has 0 aromatic heterocycles. The van der Waals surface area contributed by atoms with Crippen LogP contribution in [-0.2, 0) is 9.84 Å². The number of guanidine groups is 1. The maximum atomic E-state index is 11.5. The number of hydrogen-bond acceptors (Lipinski definition) is 3. The van der Waals surface area contributed by atoms with E-state index in [9.17, 15) is 8.42 Å². The van der Waals surface area contributed by atoms with Crippen LogP contribution >= 0.6 is 0 Å². The number of nitrogens with zero attached hydrogens (tertiary/aromatic N) is 1. The van der Waals surface area contributed by atoms with Gasteiger partial charge >= 0.3 is 0 Å². The van der Waals surface area contributed by atoms with Crippen molar-refractivity contribution in [2.45, 2.75) is 25.0 Å². The zero-order chi connectivity index (χ0) is 12.2. The number of hydrogen-bond donors (Lipinski definition) is 2. The Bertz CT molecular complexity index is 387. The Morgan fingerprint density at radius 2 is 2.31 bits per heavy atom. The average molecular weight is 245 g/mol. The van der Waals surface area contributed by atoms with Gasteiger partial charge in [-0.15, -0.1) is 0 Å². The fourth-order valence-electron chi connectivity index (χ4n) is 1.58. The summed E-state index contributed by atoms with van der Waals surface area (Å²) >= 11 is 0. The lowest BCUT2D eigenvalue weighted by atomic mass is 10.2. The molecular weight excluding hydrogens is 226 g/mol. The molecule has 3 N–H and O–H groups in total. The molecule has 16 heavy (non-hydrogen) atoms. The SMILES string of the molecule is C=C(C)CN=C(N)NCC1CCCS1(=O)=O. The minimum Gasteiger partial charge on any atom is -0.370 e. The maximum Gasteiger partial charge on any atom is 0.188 e. The highest BCUT2D eigenvalue weighted by atomic mass is 32.2. The monoisotopic (exact) mass is 245 g/mol. The van der Waals surface area contributed by atoms with Gasteiger partial charge in [0.05, 0.1) is 17.5 Å². The third-order valence-electron chi connectivity index (χ3n) is 2.49. The summed E-state index contributed by atoms with van der Waals surface area (Å²) in [6, 6.07) is 0. The van der Waals surface area contributed by atoms with Crippen LogP contribution in [0, 0.1) is 0 Å². The van der Waals surface area contributed by atoms with Crippen molar-refractivity contribution in [1.82, 2.24) is 5.32 Å². The Kier molecular flexibility index (Phi) is 4.35. The normalized spacial score (nSPS) is 24.3. The van der Waals surface area contributed by atoms with Crippen LogP contribution in [0.2, 0.25) is 0 Å². The number of nitrogens with two attached hydrogens (primary N) is 1. The predicted molar refractivity (Wildman–Crippen MR) is 66.1 cm³/mol. The van der Waals surface area contributed by atoms with E-state index in [1.165, 1.54) is 0 Å². The zero-order valence-corrected chi connectivity index (χ0v) is 10.4. The highest BCUT2D eigenvalue weighted by Crippen LogP contribution is 2.18. The molecule has 92 valence electrons. The molecule has 1 unspecified atom stereocenters. The van der Waals surface area contributed by atoms with Gasteiger partial charge in [-0.1, -0.05) is 12.2 Å². The summed E-state index contributed by atoms with van der Waals surface area (Å²) in [4.78, 5) is 4.02. The van der Waals surface area contributed by atoms with E-state index < -0.39 is 9.84 Å². The first kappa shape index (κ1) is 13.0. The zero-order valence-electron chi connectivity index (χ0n) is 9.57. The van der Waals surface area contributed by atoms with E-state index in [4.69, 9.17) is 5.73 Å². The van der Waals surface area contributed by atoms with E-state index >= 15 is 0 Å². The number of sulfone groups is 1. The standard InChI is InChI=1S/C10H19N3O2S/c1-8(2)6-12-10(11)13-7-9-4-3-5-16(9,14)15/h9H,1,3-7H2,2H3,(H3,11,12,13). The van der Waals surface area contributed by atoms with E-state index in [-0.39, 0.29) is 11.2 Å². The van der Waals surface area contributed by atoms with Gasteiger partial charge in [-0.2, -0.15) is 0 Å². The third-order valence-corrected chi connectivity index (χ3v) is 4.77. The molecule has 0 radical (unpaired) electrons.